The maximum absolute atomic E-state index is 15.5. The molecule has 1 saturated heterocycles. The summed E-state index contributed by atoms with van der Waals surface area (Å²) in [4.78, 5) is 16.4. The van der Waals surface area contributed by atoms with Gasteiger partial charge in [0, 0.05) is 6.42 Å². The van der Waals surface area contributed by atoms with Gasteiger partial charge in [0.1, 0.15) is 0 Å². The molecule has 2 fully saturated rings. The van der Waals surface area contributed by atoms with Crippen LogP contribution in [-0.4, -0.2) is 63.9 Å². The van der Waals surface area contributed by atoms with Gasteiger partial charge in [-0.3, -0.25) is 0 Å². The van der Waals surface area contributed by atoms with Crippen molar-refractivity contribution in [1.29, 1.82) is 0 Å². The number of nitrogens with zero attached hydrogens (tertiary/aromatic N) is 6. The molecule has 0 aromatic carbocycles. The summed E-state index contributed by atoms with van der Waals surface area (Å²) < 4.78 is 46.4. The average Bonchev–Trinajstić information content (AvgIpc) is 3.63. The second-order valence-corrected chi connectivity index (χ2v) is 16.8. The molecule has 3 aromatic rings. The van der Waals surface area contributed by atoms with Crippen molar-refractivity contribution in [2.24, 2.45) is 16.8 Å². The molecular weight excluding hydrogens is 606 g/mol. The summed E-state index contributed by atoms with van der Waals surface area (Å²) in [5.74, 6) is 0.236. The van der Waals surface area contributed by atoms with E-state index in [1.54, 1.807) is 17.6 Å². The number of rotatable bonds is 7. The quantitative estimate of drug-likeness (QED) is 0.186. The summed E-state index contributed by atoms with van der Waals surface area (Å²) in [5, 5.41) is 4.64. The van der Waals surface area contributed by atoms with E-state index in [4.69, 9.17) is 4.98 Å². The van der Waals surface area contributed by atoms with Crippen LogP contribution in [0.4, 0.5) is 24.8 Å². The molecule has 1 N–H and O–H groups in total. The van der Waals surface area contributed by atoms with E-state index in [0.29, 0.717) is 25.0 Å². The molecule has 3 atom stereocenters. The molecule has 3 aliphatic rings. The molecule has 1 aliphatic carbocycles. The van der Waals surface area contributed by atoms with Crippen molar-refractivity contribution in [3.8, 4) is 11.3 Å². The predicted molar refractivity (Wildman–Crippen MR) is 153 cm³/mol. The molecule has 2 aliphatic heterocycles. The fourth-order valence-electron chi connectivity index (χ4n) is 5.64. The van der Waals surface area contributed by atoms with Crippen LogP contribution in [0.15, 0.2) is 35.6 Å². The summed E-state index contributed by atoms with van der Waals surface area (Å²) in [6.07, 6.45) is 4.12. The standard InChI is InChI=1S/C27H33F3IN7/c1-16(12-25(28)29)20-13-23-22(33-17(20)2)7-6-21(34-23)19-8-10-38-24(19)14-32-26(36-38)35-31-9-11-37(18-4-5-18)15-27(31,3)30/h6-8,10,14,16,18,20,25H,4-5,9,11-13,15H2,1-3H3,(H,35,36)/t16-,20-,27?/m1/s1. The Kier molecular flexibility index (Phi) is 6.86. The van der Waals surface area contributed by atoms with Crippen LogP contribution >= 0.6 is 20.1 Å². The van der Waals surface area contributed by atoms with Gasteiger partial charge in [0.2, 0.25) is 6.43 Å². The summed E-state index contributed by atoms with van der Waals surface area (Å²) in [6, 6.07) is 6.39. The van der Waals surface area contributed by atoms with Crippen LogP contribution in [0.2, 0.25) is 0 Å². The second kappa shape index (κ2) is 10.0. The Bertz CT molecular complexity index is 1370. The molecule has 0 radical (unpaired) electrons. The minimum atomic E-state index is -2.33. The van der Waals surface area contributed by atoms with Gasteiger partial charge in [0.05, 0.1) is 0 Å². The molecule has 0 amide bonds. The SMILES string of the molecule is CC1=Nc2ccc(-c3ccn4nc(NI5CCN(C6CC6)CC5(C)F)ncc34)nc2C[C@@H]1[C@H](C)CC(F)F. The summed E-state index contributed by atoms with van der Waals surface area (Å²) >= 11 is -2.16. The zero-order chi connectivity index (χ0) is 26.6. The molecule has 1 saturated carbocycles. The Hall–Kier alpha value is -2.28. The number of pyridine rings is 1. The van der Waals surface area contributed by atoms with Crippen LogP contribution in [0.5, 0.6) is 0 Å². The third-order valence-corrected chi connectivity index (χ3v) is 13.7. The van der Waals surface area contributed by atoms with E-state index in [1.165, 1.54) is 12.8 Å². The summed E-state index contributed by atoms with van der Waals surface area (Å²) in [6.45, 7) is 6.96. The van der Waals surface area contributed by atoms with Crippen molar-refractivity contribution >= 4 is 43.0 Å². The Morgan fingerprint density at radius 1 is 1.24 bits per heavy atom. The first-order valence-corrected chi connectivity index (χ1v) is 16.9. The van der Waals surface area contributed by atoms with E-state index in [1.807, 2.05) is 38.2 Å². The second-order valence-electron chi connectivity index (χ2n) is 10.9. The monoisotopic (exact) mass is 639 g/mol. The van der Waals surface area contributed by atoms with E-state index >= 15 is 4.39 Å². The van der Waals surface area contributed by atoms with Gasteiger partial charge in [-0.05, 0) is 6.92 Å². The third-order valence-electron chi connectivity index (χ3n) is 7.91. The van der Waals surface area contributed by atoms with E-state index < -0.39 is 30.2 Å². The van der Waals surface area contributed by atoms with E-state index in [2.05, 4.69) is 23.5 Å². The van der Waals surface area contributed by atoms with Crippen LogP contribution in [0.1, 0.15) is 45.7 Å². The van der Waals surface area contributed by atoms with E-state index in [0.717, 1.165) is 44.8 Å². The van der Waals surface area contributed by atoms with Gasteiger partial charge in [-0.25, -0.2) is 8.78 Å². The number of aromatic nitrogens is 4. The minimum Gasteiger partial charge on any atom is -0.211 e. The van der Waals surface area contributed by atoms with Gasteiger partial charge in [-0.1, -0.05) is 6.92 Å². The van der Waals surface area contributed by atoms with Crippen molar-refractivity contribution < 1.29 is 13.2 Å². The minimum absolute atomic E-state index is 0.0518. The average molecular weight is 640 g/mol. The van der Waals surface area contributed by atoms with Gasteiger partial charge >= 0.3 is 193 Å². The molecule has 1 unspecified atom stereocenters. The molecule has 6 rings (SSSR count). The summed E-state index contributed by atoms with van der Waals surface area (Å²) in [7, 11) is 0. The first kappa shape index (κ1) is 26.0. The van der Waals surface area contributed by atoms with Crippen LogP contribution < -0.4 is 3.53 Å². The normalized spacial score (nSPS) is 25.9. The zero-order valence-corrected chi connectivity index (χ0v) is 24.0. The fraction of sp³-hybridized carbons (Fsp3) is 0.556. The van der Waals surface area contributed by atoms with Crippen LogP contribution in [-0.2, 0) is 6.42 Å². The molecule has 0 spiro atoms. The van der Waals surface area contributed by atoms with Gasteiger partial charge in [-0.15, -0.1) is 0 Å². The van der Waals surface area contributed by atoms with Gasteiger partial charge in [0.25, 0.3) is 0 Å². The van der Waals surface area contributed by atoms with Crippen LogP contribution in [0.3, 0.4) is 0 Å². The number of fused-ring (bicyclic) bond motifs is 2. The predicted octanol–water partition coefficient (Wildman–Crippen LogP) is 6.34. The first-order chi connectivity index (χ1) is 18.2. The molecule has 204 valence electrons. The number of aliphatic imine (C=N–C) groups is 1. The first-order valence-electron chi connectivity index (χ1n) is 13.2. The molecule has 5 heterocycles. The third kappa shape index (κ3) is 5.15. The van der Waals surface area contributed by atoms with Gasteiger partial charge in [0.15, 0.2) is 0 Å². The van der Waals surface area contributed by atoms with E-state index in [9.17, 15) is 8.78 Å². The Labute approximate surface area is 228 Å². The molecule has 38 heavy (non-hydrogen) atoms. The van der Waals surface area contributed by atoms with E-state index in [-0.39, 0.29) is 18.3 Å². The topological polar surface area (TPSA) is 70.7 Å². The summed E-state index contributed by atoms with van der Waals surface area (Å²) in [5.41, 5.74) is 4.96. The fourth-order valence-corrected chi connectivity index (χ4v) is 10.4. The molecule has 11 heteroatoms. The van der Waals surface area contributed by atoms with Crippen LogP contribution in [0, 0.1) is 11.8 Å². The number of hydrogen-bond donors (Lipinski definition) is 1. The van der Waals surface area contributed by atoms with Crippen molar-refractivity contribution in [2.45, 2.75) is 62.6 Å². The number of hydrogen-bond acceptors (Lipinski definition) is 6. The smallest absolute Gasteiger partial charge is 0.211 e. The van der Waals surface area contributed by atoms with Crippen molar-refractivity contribution in [1.82, 2.24) is 24.5 Å². The molecule has 7 nitrogen and oxygen atoms in total. The van der Waals surface area contributed by atoms with Gasteiger partial charge < -0.3 is 0 Å². The Balaban J connectivity index is 1.21. The maximum atomic E-state index is 15.5. The van der Waals surface area contributed by atoms with Crippen LogP contribution in [0.25, 0.3) is 16.8 Å². The van der Waals surface area contributed by atoms with Crippen molar-refractivity contribution in [3.63, 3.8) is 0 Å². The molecule has 0 bridgehead atoms. The Morgan fingerprint density at radius 2 is 2.05 bits per heavy atom. The van der Waals surface area contributed by atoms with Crippen molar-refractivity contribution in [2.75, 3.05) is 21.0 Å². The van der Waals surface area contributed by atoms with Crippen molar-refractivity contribution in [3.05, 3.63) is 36.3 Å². The zero-order valence-electron chi connectivity index (χ0n) is 21.8. The number of nitrogens with one attached hydrogen (secondary N) is 1. The molecular formula is C27H33F3IN7. The number of alkyl halides is 5. The Morgan fingerprint density at radius 3 is 2.79 bits per heavy atom. The number of anilines is 1. The van der Waals surface area contributed by atoms with Gasteiger partial charge in [-0.2, -0.15) is 0 Å². The molecule has 3 aromatic heterocycles. The number of halogens is 4.